The minimum Gasteiger partial charge on any atom is -0.344 e. The summed E-state index contributed by atoms with van der Waals surface area (Å²) in [6.45, 7) is 13.6. The summed E-state index contributed by atoms with van der Waals surface area (Å²) < 4.78 is 2.52. The van der Waals surface area contributed by atoms with Gasteiger partial charge in [0, 0.05) is 53.9 Å². The Morgan fingerprint density at radius 1 is 0.702 bits per heavy atom. The molecule has 0 amide bonds. The van der Waals surface area contributed by atoms with Crippen molar-refractivity contribution in [2.24, 2.45) is 0 Å². The van der Waals surface area contributed by atoms with Gasteiger partial charge in [0.2, 0.25) is 5.69 Å². The van der Waals surface area contributed by atoms with Gasteiger partial charge >= 0.3 is 0 Å². The summed E-state index contributed by atoms with van der Waals surface area (Å²) in [5.41, 5.74) is 7.95. The van der Waals surface area contributed by atoms with Gasteiger partial charge in [0.1, 0.15) is 12.8 Å². The molecule has 47 heavy (non-hydrogen) atoms. The van der Waals surface area contributed by atoms with Crippen molar-refractivity contribution in [3.05, 3.63) is 132 Å². The Labute approximate surface area is 281 Å². The van der Waals surface area contributed by atoms with Crippen molar-refractivity contribution < 1.29 is 9.37 Å². The molecule has 0 spiro atoms. The molecule has 0 aromatic heterocycles. The highest BCUT2D eigenvalue weighted by Crippen LogP contribution is 2.51. The zero-order valence-electron chi connectivity index (χ0n) is 28.8. The van der Waals surface area contributed by atoms with Gasteiger partial charge in [-0.05, 0) is 72.0 Å². The summed E-state index contributed by atoms with van der Waals surface area (Å²) in [6.07, 6.45) is 21.3. The first-order valence-corrected chi connectivity index (χ1v) is 17.4. The molecule has 240 valence electrons. The molecule has 3 nitrogen and oxygen atoms in total. The van der Waals surface area contributed by atoms with E-state index in [1.165, 1.54) is 55.5 Å². The van der Waals surface area contributed by atoms with Gasteiger partial charge in [-0.2, -0.15) is 4.58 Å². The number of unbranched alkanes of at least 4 members (excludes halogenated alkanes) is 3. The molecule has 0 unspecified atom stereocenters. The quantitative estimate of drug-likeness (QED) is 0.0680. The standard InChI is InChI=1S/C44H49N2O/c1-6-30-45-37-28-26-33-20-14-16-22-35(33)41(37)43(2,3)39(45)24-12-8-7-9-13-25-40-44(4,5)42-36-23-17-15-21-34(36)27-29-38(42)46(40)31-18-10-11-19-32-47/h7-9,12-17,20-29,32H,6,10-11,18-19,30-31H2,1-5H3/q+1. The van der Waals surface area contributed by atoms with Crippen LogP contribution in [0.2, 0.25) is 0 Å². The Hall–Kier alpha value is -4.50. The van der Waals surface area contributed by atoms with Crippen LogP contribution in [0.4, 0.5) is 11.4 Å². The summed E-state index contributed by atoms with van der Waals surface area (Å²) in [7, 11) is 0. The van der Waals surface area contributed by atoms with Gasteiger partial charge in [0.15, 0.2) is 5.71 Å². The number of carbonyl (C=O) groups is 1. The second kappa shape index (κ2) is 13.7. The van der Waals surface area contributed by atoms with Gasteiger partial charge in [-0.3, -0.25) is 0 Å². The SMILES string of the molecule is CCC[N+]1=C(/C=C/C=C/C=C/C=C2\N(CCCCCC=O)c3ccc4ccccc4c3C2(C)C)C(C)(C)c2c1ccc1ccccc21. The zero-order valence-corrected chi connectivity index (χ0v) is 28.8. The molecule has 3 heteroatoms. The van der Waals surface area contributed by atoms with Gasteiger partial charge in [-0.15, -0.1) is 0 Å². The van der Waals surface area contributed by atoms with Crippen LogP contribution in [0.25, 0.3) is 21.5 Å². The maximum absolute atomic E-state index is 10.8. The van der Waals surface area contributed by atoms with Crippen LogP contribution < -0.4 is 4.90 Å². The predicted molar refractivity (Wildman–Crippen MR) is 201 cm³/mol. The normalized spacial score (nSPS) is 17.7. The molecule has 4 aromatic carbocycles. The fourth-order valence-electron chi connectivity index (χ4n) is 7.94. The first-order valence-electron chi connectivity index (χ1n) is 17.4. The van der Waals surface area contributed by atoms with E-state index in [9.17, 15) is 4.79 Å². The molecule has 0 aliphatic carbocycles. The van der Waals surface area contributed by atoms with Crippen molar-refractivity contribution in [3.63, 3.8) is 0 Å². The maximum Gasteiger partial charge on any atom is 0.210 e. The molecule has 0 saturated carbocycles. The number of anilines is 1. The van der Waals surface area contributed by atoms with Gasteiger partial charge in [0.25, 0.3) is 0 Å². The number of nitrogens with zero attached hydrogens (tertiary/aromatic N) is 2. The van der Waals surface area contributed by atoms with Crippen LogP contribution in [0.3, 0.4) is 0 Å². The monoisotopic (exact) mass is 621 g/mol. The average molecular weight is 622 g/mol. The first kappa shape index (κ1) is 32.4. The minimum absolute atomic E-state index is 0.0834. The van der Waals surface area contributed by atoms with Gasteiger partial charge in [-0.25, -0.2) is 0 Å². The molecule has 6 rings (SSSR count). The van der Waals surface area contributed by atoms with Crippen molar-refractivity contribution in [1.82, 2.24) is 0 Å². The van der Waals surface area contributed by atoms with Crippen LogP contribution in [0.1, 0.15) is 77.8 Å². The highest BCUT2D eigenvalue weighted by molar-refractivity contribution is 6.07. The van der Waals surface area contributed by atoms with E-state index < -0.39 is 0 Å². The van der Waals surface area contributed by atoms with Crippen molar-refractivity contribution in [2.45, 2.75) is 77.6 Å². The number of aldehydes is 1. The van der Waals surface area contributed by atoms with Crippen LogP contribution in [0.15, 0.2) is 121 Å². The fourth-order valence-corrected chi connectivity index (χ4v) is 7.94. The van der Waals surface area contributed by atoms with Gasteiger partial charge in [-0.1, -0.05) is 112 Å². The highest BCUT2D eigenvalue weighted by Gasteiger charge is 2.45. The third-order valence-corrected chi connectivity index (χ3v) is 10.1. The van der Waals surface area contributed by atoms with E-state index in [0.29, 0.717) is 6.42 Å². The van der Waals surface area contributed by atoms with E-state index in [1.807, 2.05) is 0 Å². The number of allylic oxidation sites excluding steroid dienone is 8. The van der Waals surface area contributed by atoms with E-state index >= 15 is 0 Å². The lowest BCUT2D eigenvalue weighted by Gasteiger charge is -2.27. The van der Waals surface area contributed by atoms with Crippen LogP contribution in [-0.4, -0.2) is 29.7 Å². The summed E-state index contributed by atoms with van der Waals surface area (Å²) >= 11 is 0. The number of hydrogen-bond donors (Lipinski definition) is 0. The average Bonchev–Trinajstić information content (AvgIpc) is 3.42. The van der Waals surface area contributed by atoms with Crippen molar-refractivity contribution in [1.29, 1.82) is 0 Å². The molecule has 4 aromatic rings. The van der Waals surface area contributed by atoms with Crippen molar-refractivity contribution in [2.75, 3.05) is 18.0 Å². The van der Waals surface area contributed by atoms with Gasteiger partial charge in [0.05, 0.1) is 5.41 Å². The molecule has 0 radical (unpaired) electrons. The maximum atomic E-state index is 10.8. The number of fused-ring (bicyclic) bond motifs is 6. The molecule has 2 aliphatic rings. The third-order valence-electron chi connectivity index (χ3n) is 10.1. The van der Waals surface area contributed by atoms with Crippen LogP contribution in [0, 0.1) is 0 Å². The largest absolute Gasteiger partial charge is 0.344 e. The van der Waals surface area contributed by atoms with Crippen molar-refractivity contribution in [3.8, 4) is 0 Å². The molecule has 2 heterocycles. The smallest absolute Gasteiger partial charge is 0.210 e. The number of benzene rings is 4. The second-order valence-electron chi connectivity index (χ2n) is 14.0. The van der Waals surface area contributed by atoms with E-state index in [2.05, 4.69) is 159 Å². The summed E-state index contributed by atoms with van der Waals surface area (Å²) in [5.74, 6) is 0. The summed E-state index contributed by atoms with van der Waals surface area (Å²) in [5, 5.41) is 5.27. The zero-order chi connectivity index (χ0) is 33.0. The molecule has 0 saturated heterocycles. The Morgan fingerprint density at radius 2 is 1.36 bits per heavy atom. The highest BCUT2D eigenvalue weighted by atomic mass is 16.1. The molecule has 2 aliphatic heterocycles. The van der Waals surface area contributed by atoms with E-state index in [1.54, 1.807) is 0 Å². The fraction of sp³-hybridized carbons (Fsp3) is 0.318. The van der Waals surface area contributed by atoms with E-state index in [4.69, 9.17) is 0 Å². The third kappa shape index (κ3) is 6.04. The topological polar surface area (TPSA) is 23.3 Å². The summed E-state index contributed by atoms with van der Waals surface area (Å²) in [4.78, 5) is 13.4. The first-order chi connectivity index (χ1) is 22.8. The lowest BCUT2D eigenvalue weighted by Crippen LogP contribution is -2.28. The lowest BCUT2D eigenvalue weighted by molar-refractivity contribution is -0.437. The van der Waals surface area contributed by atoms with Gasteiger partial charge < -0.3 is 9.69 Å². The Bertz CT molecular complexity index is 1950. The lowest BCUT2D eigenvalue weighted by atomic mass is 9.79. The molecule has 0 N–H and O–H groups in total. The Morgan fingerprint density at radius 3 is 2.09 bits per heavy atom. The Balaban J connectivity index is 1.24. The predicted octanol–water partition coefficient (Wildman–Crippen LogP) is 10.9. The molecule has 0 fully saturated rings. The Kier molecular flexibility index (Phi) is 9.45. The number of carbonyl (C=O) groups excluding carboxylic acids is 1. The number of hydrogen-bond acceptors (Lipinski definition) is 2. The molecule has 0 atom stereocenters. The molecular weight excluding hydrogens is 572 g/mol. The van der Waals surface area contributed by atoms with E-state index in [0.717, 1.165) is 45.1 Å². The van der Waals surface area contributed by atoms with E-state index in [-0.39, 0.29) is 10.8 Å². The molecular formula is C44H49N2O+. The molecule has 0 bridgehead atoms. The minimum atomic E-state index is -0.125. The van der Waals surface area contributed by atoms with Crippen LogP contribution in [-0.2, 0) is 15.6 Å². The van der Waals surface area contributed by atoms with Crippen LogP contribution >= 0.6 is 0 Å². The second-order valence-corrected chi connectivity index (χ2v) is 14.0. The summed E-state index contributed by atoms with van der Waals surface area (Å²) in [6, 6.07) is 26.6. The van der Waals surface area contributed by atoms with Crippen LogP contribution in [0.5, 0.6) is 0 Å². The van der Waals surface area contributed by atoms with Crippen molar-refractivity contribution >= 4 is 44.9 Å². The number of rotatable bonds is 12.